The van der Waals surface area contributed by atoms with E-state index in [0.717, 1.165) is 65.7 Å². The molecular formula is C39H50O2P2. The zero-order valence-corrected chi connectivity index (χ0v) is 30.2. The molecule has 0 atom stereocenters. The summed E-state index contributed by atoms with van der Waals surface area (Å²) in [5.74, 6) is 0. The molecule has 228 valence electrons. The maximum absolute atomic E-state index is 15.7. The molecule has 0 aliphatic heterocycles. The number of aryl methyl sites for hydroxylation is 12. The molecule has 0 saturated carbocycles. The van der Waals surface area contributed by atoms with Crippen molar-refractivity contribution in [1.82, 2.24) is 0 Å². The van der Waals surface area contributed by atoms with Crippen molar-refractivity contribution in [2.24, 2.45) is 0 Å². The van der Waals surface area contributed by atoms with Crippen molar-refractivity contribution in [2.75, 3.05) is 12.3 Å². The third-order valence-corrected chi connectivity index (χ3v) is 16.5. The average molecular weight is 613 g/mol. The summed E-state index contributed by atoms with van der Waals surface area (Å²) < 4.78 is 31.5. The van der Waals surface area contributed by atoms with Gasteiger partial charge in [0.2, 0.25) is 0 Å². The largest absolute Gasteiger partial charge is 0.314 e. The van der Waals surface area contributed by atoms with E-state index in [2.05, 4.69) is 132 Å². The number of hydrogen-bond donors (Lipinski definition) is 0. The molecule has 0 N–H and O–H groups in total. The van der Waals surface area contributed by atoms with Gasteiger partial charge in [-0.15, -0.1) is 0 Å². The van der Waals surface area contributed by atoms with Gasteiger partial charge in [-0.1, -0.05) is 70.8 Å². The summed E-state index contributed by atoms with van der Waals surface area (Å²) in [4.78, 5) is 0. The molecule has 0 unspecified atom stereocenters. The minimum absolute atomic E-state index is 0.486. The van der Waals surface area contributed by atoms with Crippen LogP contribution in [0.1, 0.15) is 73.2 Å². The van der Waals surface area contributed by atoms with Crippen LogP contribution in [0.2, 0.25) is 0 Å². The van der Waals surface area contributed by atoms with Crippen LogP contribution in [0.3, 0.4) is 0 Å². The second-order valence-electron chi connectivity index (χ2n) is 13.3. The van der Waals surface area contributed by atoms with Crippen molar-refractivity contribution in [3.63, 3.8) is 0 Å². The van der Waals surface area contributed by atoms with Crippen LogP contribution >= 0.6 is 14.3 Å². The third kappa shape index (κ3) is 6.30. The minimum Gasteiger partial charge on any atom is -0.314 e. The van der Waals surface area contributed by atoms with Gasteiger partial charge in [0.15, 0.2) is 0 Å². The first-order valence-corrected chi connectivity index (χ1v) is 19.3. The van der Waals surface area contributed by atoms with E-state index in [-0.39, 0.29) is 0 Å². The Hall–Kier alpha value is -2.66. The minimum atomic E-state index is -3.07. The summed E-state index contributed by atoms with van der Waals surface area (Å²) in [5, 5.41) is 3.92. The van der Waals surface area contributed by atoms with Crippen molar-refractivity contribution in [3.8, 4) is 0 Å². The number of hydrogen-bond acceptors (Lipinski definition) is 2. The summed E-state index contributed by atoms with van der Waals surface area (Å²) in [7, 11) is -6.14. The Bertz CT molecular complexity index is 1480. The quantitative estimate of drug-likeness (QED) is 0.186. The molecule has 0 heterocycles. The van der Waals surface area contributed by atoms with Gasteiger partial charge in [0.05, 0.1) is 0 Å². The molecule has 4 heteroatoms. The van der Waals surface area contributed by atoms with Crippen molar-refractivity contribution >= 4 is 35.5 Å². The van der Waals surface area contributed by atoms with Crippen LogP contribution < -0.4 is 21.2 Å². The highest BCUT2D eigenvalue weighted by molar-refractivity contribution is 7.80. The SMILES string of the molecule is Cc1cc(C)c(P(=O)(CCCP(=O)(c2c(C)cc(C)cc2C)c2c(C)cc(C)cc2C)c2c(C)cc(C)cc2C)c(C)c1. The van der Waals surface area contributed by atoms with Crippen LogP contribution in [-0.4, -0.2) is 12.3 Å². The lowest BCUT2D eigenvalue weighted by Gasteiger charge is -2.30. The zero-order chi connectivity index (χ0) is 32.0. The second-order valence-corrected chi connectivity index (χ2v) is 18.9. The molecule has 0 amide bonds. The Morgan fingerprint density at radius 2 is 0.512 bits per heavy atom. The predicted octanol–water partition coefficient (Wildman–Crippen LogP) is 9.11. The van der Waals surface area contributed by atoms with Crippen LogP contribution in [-0.2, 0) is 9.13 Å². The van der Waals surface area contributed by atoms with E-state index in [1.807, 2.05) is 0 Å². The highest BCUT2D eigenvalue weighted by atomic mass is 31.2. The lowest BCUT2D eigenvalue weighted by molar-refractivity contribution is 0.582. The van der Waals surface area contributed by atoms with Crippen LogP contribution in [0.4, 0.5) is 0 Å². The van der Waals surface area contributed by atoms with Crippen LogP contribution in [0.15, 0.2) is 48.5 Å². The van der Waals surface area contributed by atoms with Crippen LogP contribution in [0, 0.1) is 83.1 Å². The lowest BCUT2D eigenvalue weighted by atomic mass is 10.1. The van der Waals surface area contributed by atoms with Crippen molar-refractivity contribution in [2.45, 2.75) is 89.5 Å². The Balaban J connectivity index is 1.92. The first kappa shape index (κ1) is 33.2. The molecule has 4 aromatic rings. The molecule has 0 bridgehead atoms. The summed E-state index contributed by atoms with van der Waals surface area (Å²) >= 11 is 0. The predicted molar refractivity (Wildman–Crippen MR) is 191 cm³/mol. The summed E-state index contributed by atoms with van der Waals surface area (Å²) in [6.07, 6.45) is 1.58. The van der Waals surface area contributed by atoms with Gasteiger partial charge < -0.3 is 9.13 Å². The fourth-order valence-electron chi connectivity index (χ4n) is 8.16. The Morgan fingerprint density at radius 3 is 0.674 bits per heavy atom. The van der Waals surface area contributed by atoms with E-state index in [4.69, 9.17) is 0 Å². The molecule has 0 aliphatic rings. The van der Waals surface area contributed by atoms with E-state index in [1.165, 1.54) is 22.3 Å². The van der Waals surface area contributed by atoms with Gasteiger partial charge in [0.1, 0.15) is 14.3 Å². The molecule has 0 aromatic heterocycles. The Kier molecular flexibility index (Phi) is 9.57. The molecule has 0 radical (unpaired) electrons. The Labute approximate surface area is 261 Å². The highest BCUT2D eigenvalue weighted by Gasteiger charge is 2.37. The van der Waals surface area contributed by atoms with Crippen LogP contribution in [0.25, 0.3) is 0 Å². The zero-order valence-electron chi connectivity index (χ0n) is 28.5. The fraction of sp³-hybridized carbons (Fsp3) is 0.385. The van der Waals surface area contributed by atoms with Crippen molar-refractivity contribution < 1.29 is 9.13 Å². The monoisotopic (exact) mass is 612 g/mol. The molecule has 43 heavy (non-hydrogen) atoms. The van der Waals surface area contributed by atoms with E-state index >= 15 is 9.13 Å². The van der Waals surface area contributed by atoms with E-state index in [1.54, 1.807) is 0 Å². The van der Waals surface area contributed by atoms with Gasteiger partial charge in [-0.25, -0.2) is 0 Å². The lowest BCUT2D eigenvalue weighted by Crippen LogP contribution is -2.29. The normalized spacial score (nSPS) is 12.2. The van der Waals surface area contributed by atoms with Gasteiger partial charge in [-0.05, 0) is 134 Å². The summed E-state index contributed by atoms with van der Waals surface area (Å²) in [6.45, 7) is 25.2. The second kappa shape index (κ2) is 12.4. The molecule has 0 saturated heterocycles. The van der Waals surface area contributed by atoms with E-state index in [0.29, 0.717) is 18.7 Å². The van der Waals surface area contributed by atoms with Gasteiger partial charge in [-0.2, -0.15) is 0 Å². The first-order chi connectivity index (χ1) is 20.0. The molecule has 2 nitrogen and oxygen atoms in total. The van der Waals surface area contributed by atoms with E-state index < -0.39 is 14.3 Å². The molecule has 0 spiro atoms. The summed E-state index contributed by atoms with van der Waals surface area (Å²) in [5.41, 5.74) is 13.4. The number of benzene rings is 4. The van der Waals surface area contributed by atoms with Gasteiger partial charge in [0, 0.05) is 33.5 Å². The van der Waals surface area contributed by atoms with Gasteiger partial charge in [-0.3, -0.25) is 0 Å². The van der Waals surface area contributed by atoms with Crippen molar-refractivity contribution in [3.05, 3.63) is 115 Å². The van der Waals surface area contributed by atoms with Crippen molar-refractivity contribution in [1.29, 1.82) is 0 Å². The molecule has 4 aromatic carbocycles. The number of rotatable bonds is 8. The maximum Gasteiger partial charge on any atom is 0.144 e. The fourth-order valence-corrected chi connectivity index (χ4v) is 16.0. The maximum atomic E-state index is 15.7. The molecule has 0 aliphatic carbocycles. The third-order valence-electron chi connectivity index (χ3n) is 8.93. The van der Waals surface area contributed by atoms with Gasteiger partial charge in [0.25, 0.3) is 0 Å². The molecular weight excluding hydrogens is 562 g/mol. The highest BCUT2D eigenvalue weighted by Crippen LogP contribution is 2.52. The van der Waals surface area contributed by atoms with Gasteiger partial charge >= 0.3 is 0 Å². The molecule has 0 fully saturated rings. The topological polar surface area (TPSA) is 34.1 Å². The smallest absolute Gasteiger partial charge is 0.144 e. The Morgan fingerprint density at radius 1 is 0.349 bits per heavy atom. The summed E-state index contributed by atoms with van der Waals surface area (Å²) in [6, 6.07) is 17.3. The average Bonchev–Trinajstić information content (AvgIpc) is 2.81. The van der Waals surface area contributed by atoms with E-state index in [9.17, 15) is 0 Å². The van der Waals surface area contributed by atoms with Crippen LogP contribution in [0.5, 0.6) is 0 Å². The first-order valence-electron chi connectivity index (χ1n) is 15.5. The molecule has 4 rings (SSSR count). The standard InChI is InChI=1S/C39H50O2P2/c1-24-16-28(5)36(29(6)17-24)42(40,37-30(7)18-25(2)19-31(37)8)14-13-15-43(41,38-32(9)20-26(3)21-33(38)10)39-34(11)22-27(4)23-35(39)12/h16-23H,13-15H2,1-12H3.